The molecule has 1 unspecified atom stereocenters. The lowest BCUT2D eigenvalue weighted by Gasteiger charge is -2.22. The molecule has 5 rings (SSSR count). The first-order valence-corrected chi connectivity index (χ1v) is 11.2. The van der Waals surface area contributed by atoms with Crippen LogP contribution in [0.3, 0.4) is 0 Å². The van der Waals surface area contributed by atoms with E-state index in [0.29, 0.717) is 11.2 Å². The van der Waals surface area contributed by atoms with Crippen molar-refractivity contribution < 1.29 is 17.9 Å². The minimum atomic E-state index is -3.78. The van der Waals surface area contributed by atoms with Gasteiger partial charge in [0.15, 0.2) is 0 Å². The molecule has 1 atom stereocenters. The number of aromatic nitrogens is 3. The normalized spacial score (nSPS) is 19.8. The number of halogens is 1. The van der Waals surface area contributed by atoms with Crippen molar-refractivity contribution >= 4 is 20.9 Å². The summed E-state index contributed by atoms with van der Waals surface area (Å²) in [6.07, 6.45) is 4.89. The molecule has 0 spiro atoms. The second kappa shape index (κ2) is 7.23. The number of benzene rings is 2. The van der Waals surface area contributed by atoms with Crippen LogP contribution >= 0.6 is 0 Å². The Hall–Kier alpha value is -3.14. The predicted molar refractivity (Wildman–Crippen MR) is 113 cm³/mol. The smallest absolute Gasteiger partial charge is 0.243 e. The molecule has 1 fully saturated rings. The summed E-state index contributed by atoms with van der Waals surface area (Å²) >= 11 is 0. The summed E-state index contributed by atoms with van der Waals surface area (Å²) in [5, 5.41) is 11.8. The number of rotatable bonds is 4. The van der Waals surface area contributed by atoms with E-state index in [0.717, 1.165) is 16.5 Å². The Balaban J connectivity index is 1.41. The summed E-state index contributed by atoms with van der Waals surface area (Å²) in [5.41, 5.74) is 1.42. The Bertz CT molecular complexity index is 1360. The fraction of sp³-hybridized carbons (Fsp3) is 0.182. The number of nitrogens with zero attached hydrogens (tertiary/aromatic N) is 3. The lowest BCUT2D eigenvalue weighted by Crippen LogP contribution is -2.35. The molecule has 0 aliphatic carbocycles. The Kier molecular flexibility index (Phi) is 4.62. The first-order chi connectivity index (χ1) is 14.9. The molecule has 9 heteroatoms. The van der Waals surface area contributed by atoms with Gasteiger partial charge in [-0.15, -0.1) is 0 Å². The van der Waals surface area contributed by atoms with Crippen molar-refractivity contribution in [2.24, 2.45) is 0 Å². The first-order valence-electron chi connectivity index (χ1n) is 9.73. The quantitative estimate of drug-likeness (QED) is 0.510. The Morgan fingerprint density at radius 1 is 1.13 bits per heavy atom. The molecule has 0 saturated carbocycles. The second-order valence-electron chi connectivity index (χ2n) is 7.63. The van der Waals surface area contributed by atoms with Crippen molar-refractivity contribution in [3.8, 4) is 11.1 Å². The van der Waals surface area contributed by atoms with Crippen LogP contribution < -0.4 is 0 Å². The fourth-order valence-corrected chi connectivity index (χ4v) is 5.53. The van der Waals surface area contributed by atoms with Gasteiger partial charge in [0.05, 0.1) is 10.6 Å². The van der Waals surface area contributed by atoms with E-state index in [2.05, 4.69) is 15.0 Å². The van der Waals surface area contributed by atoms with Gasteiger partial charge in [-0.05, 0) is 48.4 Å². The van der Waals surface area contributed by atoms with Crippen molar-refractivity contribution in [2.45, 2.75) is 16.9 Å². The van der Waals surface area contributed by atoms with Gasteiger partial charge in [-0.3, -0.25) is 0 Å². The van der Waals surface area contributed by atoms with Gasteiger partial charge in [0.2, 0.25) is 10.0 Å². The molecule has 2 N–H and O–H groups in total. The van der Waals surface area contributed by atoms with Crippen molar-refractivity contribution in [1.29, 1.82) is 0 Å². The molecule has 1 aliphatic rings. The molecule has 1 saturated heterocycles. The SMILES string of the molecule is O=S(=O)(c1ccc(-c2c[nH]c3cc(F)ccc23)cc1)N1CCC(O)(c2ccncn2)C1. The van der Waals surface area contributed by atoms with E-state index >= 15 is 0 Å². The molecule has 4 aromatic rings. The van der Waals surface area contributed by atoms with E-state index in [1.54, 1.807) is 42.6 Å². The maximum Gasteiger partial charge on any atom is 0.243 e. The average molecular weight is 438 g/mol. The molecule has 0 radical (unpaired) electrons. The van der Waals surface area contributed by atoms with Crippen LogP contribution in [-0.2, 0) is 15.6 Å². The lowest BCUT2D eigenvalue weighted by atomic mass is 9.99. The van der Waals surface area contributed by atoms with Crippen LogP contribution in [0.15, 0.2) is 72.1 Å². The number of sulfonamides is 1. The van der Waals surface area contributed by atoms with E-state index in [4.69, 9.17) is 0 Å². The molecule has 31 heavy (non-hydrogen) atoms. The number of nitrogens with one attached hydrogen (secondary N) is 1. The number of aromatic amines is 1. The van der Waals surface area contributed by atoms with E-state index in [-0.39, 0.29) is 30.2 Å². The minimum absolute atomic E-state index is 0.0674. The van der Waals surface area contributed by atoms with Gasteiger partial charge in [-0.25, -0.2) is 22.8 Å². The molecule has 0 amide bonds. The van der Waals surface area contributed by atoms with Crippen LogP contribution in [0.25, 0.3) is 22.0 Å². The zero-order chi connectivity index (χ0) is 21.6. The maximum absolute atomic E-state index is 13.4. The van der Waals surface area contributed by atoms with Crippen LogP contribution in [0.4, 0.5) is 4.39 Å². The van der Waals surface area contributed by atoms with Gasteiger partial charge in [-0.1, -0.05) is 12.1 Å². The van der Waals surface area contributed by atoms with Crippen LogP contribution in [0.1, 0.15) is 12.1 Å². The zero-order valence-corrected chi connectivity index (χ0v) is 17.2. The Morgan fingerprint density at radius 3 is 2.68 bits per heavy atom. The highest BCUT2D eigenvalue weighted by atomic mass is 32.2. The second-order valence-corrected chi connectivity index (χ2v) is 9.57. The van der Waals surface area contributed by atoms with Crippen LogP contribution in [0.2, 0.25) is 0 Å². The third-order valence-electron chi connectivity index (χ3n) is 5.72. The van der Waals surface area contributed by atoms with Crippen LogP contribution in [-0.4, -0.2) is 45.9 Å². The minimum Gasteiger partial charge on any atom is -0.382 e. The van der Waals surface area contributed by atoms with E-state index < -0.39 is 15.6 Å². The molecular formula is C22H19FN4O3S. The maximum atomic E-state index is 13.4. The highest BCUT2D eigenvalue weighted by Crippen LogP contribution is 2.35. The zero-order valence-electron chi connectivity index (χ0n) is 16.4. The summed E-state index contributed by atoms with van der Waals surface area (Å²) in [4.78, 5) is 11.1. The lowest BCUT2D eigenvalue weighted by molar-refractivity contribution is 0.0484. The van der Waals surface area contributed by atoms with Crippen LogP contribution in [0, 0.1) is 5.82 Å². The largest absolute Gasteiger partial charge is 0.382 e. The molecule has 2 aromatic carbocycles. The van der Waals surface area contributed by atoms with E-state index in [1.807, 2.05) is 0 Å². The number of hydrogen-bond acceptors (Lipinski definition) is 5. The van der Waals surface area contributed by atoms with Crippen molar-refractivity contribution in [3.63, 3.8) is 0 Å². The molecule has 2 aromatic heterocycles. The number of H-pyrrole nitrogens is 1. The van der Waals surface area contributed by atoms with Crippen molar-refractivity contribution in [3.05, 3.63) is 78.8 Å². The highest BCUT2D eigenvalue weighted by molar-refractivity contribution is 7.89. The highest BCUT2D eigenvalue weighted by Gasteiger charge is 2.43. The Morgan fingerprint density at radius 2 is 1.94 bits per heavy atom. The molecule has 158 valence electrons. The summed E-state index contributed by atoms with van der Waals surface area (Å²) in [5.74, 6) is -0.324. The average Bonchev–Trinajstić information content (AvgIpc) is 3.39. The van der Waals surface area contributed by atoms with E-state index in [1.165, 1.54) is 29.0 Å². The third kappa shape index (κ3) is 3.40. The van der Waals surface area contributed by atoms with Gasteiger partial charge in [-0.2, -0.15) is 4.31 Å². The van der Waals surface area contributed by atoms with Crippen molar-refractivity contribution in [2.75, 3.05) is 13.1 Å². The predicted octanol–water partition coefficient (Wildman–Crippen LogP) is 3.05. The number of hydrogen-bond donors (Lipinski definition) is 2. The first kappa shape index (κ1) is 19.8. The molecule has 7 nitrogen and oxygen atoms in total. The van der Waals surface area contributed by atoms with Gasteiger partial charge >= 0.3 is 0 Å². The van der Waals surface area contributed by atoms with E-state index in [9.17, 15) is 17.9 Å². The monoisotopic (exact) mass is 438 g/mol. The number of fused-ring (bicyclic) bond motifs is 1. The molecule has 0 bridgehead atoms. The standard InChI is InChI=1S/C22H19FN4O3S/c23-16-3-6-18-19(12-25-20(18)11-16)15-1-4-17(5-2-15)31(29,30)27-10-8-22(28,13-27)21-7-9-24-14-26-21/h1-7,9,11-12,14,25,28H,8,10,13H2. The number of β-amino-alcohol motifs (C(OH)–C–C–N with tert-alkyl or cyclic N) is 1. The fourth-order valence-electron chi connectivity index (χ4n) is 4.03. The van der Waals surface area contributed by atoms with Gasteiger partial charge in [0, 0.05) is 41.9 Å². The molecular weight excluding hydrogens is 419 g/mol. The topological polar surface area (TPSA) is 99.2 Å². The van der Waals surface area contributed by atoms with Gasteiger partial charge < -0.3 is 10.1 Å². The summed E-state index contributed by atoms with van der Waals surface area (Å²) in [6.45, 7) is 0.126. The summed E-state index contributed by atoms with van der Waals surface area (Å²) in [6, 6.07) is 12.7. The summed E-state index contributed by atoms with van der Waals surface area (Å²) in [7, 11) is -3.78. The number of aliphatic hydroxyl groups is 1. The summed E-state index contributed by atoms with van der Waals surface area (Å²) < 4.78 is 41.0. The Labute approximate surface area is 178 Å². The molecule has 3 heterocycles. The van der Waals surface area contributed by atoms with Crippen molar-refractivity contribution in [1.82, 2.24) is 19.3 Å². The van der Waals surface area contributed by atoms with Gasteiger partial charge in [0.1, 0.15) is 17.7 Å². The molecule has 1 aliphatic heterocycles. The third-order valence-corrected chi connectivity index (χ3v) is 7.58. The van der Waals surface area contributed by atoms with Gasteiger partial charge in [0.25, 0.3) is 0 Å². The van der Waals surface area contributed by atoms with Crippen LogP contribution in [0.5, 0.6) is 0 Å².